The highest BCUT2D eigenvalue weighted by Crippen LogP contribution is 2.63. The van der Waals surface area contributed by atoms with Gasteiger partial charge in [0.1, 0.15) is 0 Å². The van der Waals surface area contributed by atoms with E-state index in [2.05, 4.69) is 5.32 Å². The molecule has 2 aliphatic carbocycles. The van der Waals surface area contributed by atoms with Gasteiger partial charge in [-0.15, -0.1) is 0 Å². The summed E-state index contributed by atoms with van der Waals surface area (Å²) < 4.78 is 0. The van der Waals surface area contributed by atoms with Crippen LogP contribution in [0.15, 0.2) is 0 Å². The van der Waals surface area contributed by atoms with E-state index in [1.165, 1.54) is 32.1 Å². The summed E-state index contributed by atoms with van der Waals surface area (Å²) in [6.45, 7) is 0. The maximum atomic E-state index is 10.7. The third-order valence-corrected chi connectivity index (χ3v) is 3.74. The highest BCUT2D eigenvalue weighted by molar-refractivity contribution is 5.85. The first-order chi connectivity index (χ1) is 5.22. The average Bonchev–Trinajstić information content (AvgIpc) is 1.69. The minimum atomic E-state index is 0.263. The molecular weight excluding hydrogens is 138 g/mol. The number of carbonyl (C=O) groups excluding carboxylic acids is 1. The van der Waals surface area contributed by atoms with Crippen molar-refractivity contribution in [2.24, 2.45) is 5.41 Å². The summed E-state index contributed by atoms with van der Waals surface area (Å²) in [5.41, 5.74) is 1.01. The standard InChI is InChI=1S/C9H13NO/c11-7-4-9(10-7)5-8(6-9)2-1-3-8/h1-6H2,(H,10,11). The highest BCUT2D eigenvalue weighted by Gasteiger charge is 2.61. The Morgan fingerprint density at radius 1 is 1.27 bits per heavy atom. The SMILES string of the molecule is O=C1CC2(CC3(CCC3)C2)N1. The molecule has 0 unspecified atom stereocenters. The van der Waals surface area contributed by atoms with Gasteiger partial charge in [0.05, 0.1) is 0 Å². The van der Waals surface area contributed by atoms with E-state index in [4.69, 9.17) is 0 Å². The van der Waals surface area contributed by atoms with Crippen molar-refractivity contribution in [2.45, 2.75) is 44.1 Å². The number of carbonyl (C=O) groups is 1. The van der Waals surface area contributed by atoms with Crippen molar-refractivity contribution in [1.82, 2.24) is 5.32 Å². The molecule has 3 aliphatic rings. The maximum absolute atomic E-state index is 10.7. The van der Waals surface area contributed by atoms with Crippen LogP contribution in [0.5, 0.6) is 0 Å². The topological polar surface area (TPSA) is 29.1 Å². The largest absolute Gasteiger partial charge is 0.350 e. The Bertz CT molecular complexity index is 212. The summed E-state index contributed by atoms with van der Waals surface area (Å²) in [7, 11) is 0. The van der Waals surface area contributed by atoms with Crippen LogP contribution in [0.25, 0.3) is 0 Å². The van der Waals surface area contributed by atoms with E-state index in [1.54, 1.807) is 0 Å². The molecule has 0 atom stereocenters. The molecule has 1 aliphatic heterocycles. The molecule has 0 radical (unpaired) electrons. The minimum Gasteiger partial charge on any atom is -0.350 e. The van der Waals surface area contributed by atoms with E-state index in [1.807, 2.05) is 0 Å². The molecule has 3 fully saturated rings. The van der Waals surface area contributed by atoms with Crippen molar-refractivity contribution in [3.05, 3.63) is 0 Å². The van der Waals surface area contributed by atoms with Crippen LogP contribution in [0.2, 0.25) is 0 Å². The van der Waals surface area contributed by atoms with E-state index in [-0.39, 0.29) is 5.91 Å². The van der Waals surface area contributed by atoms with Crippen molar-refractivity contribution in [2.75, 3.05) is 0 Å². The second-order valence-corrected chi connectivity index (χ2v) is 4.71. The smallest absolute Gasteiger partial charge is 0.222 e. The molecule has 60 valence electrons. The summed E-state index contributed by atoms with van der Waals surface area (Å²) >= 11 is 0. The lowest BCUT2D eigenvalue weighted by molar-refractivity contribution is -0.152. The maximum Gasteiger partial charge on any atom is 0.222 e. The Morgan fingerprint density at radius 2 is 1.91 bits per heavy atom. The van der Waals surface area contributed by atoms with E-state index in [0.29, 0.717) is 11.0 Å². The molecule has 2 heteroatoms. The van der Waals surface area contributed by atoms with Gasteiger partial charge in [0.2, 0.25) is 5.91 Å². The Hall–Kier alpha value is -0.530. The first-order valence-corrected chi connectivity index (χ1v) is 4.53. The van der Waals surface area contributed by atoms with Gasteiger partial charge in [-0.25, -0.2) is 0 Å². The van der Waals surface area contributed by atoms with Gasteiger partial charge in [-0.1, -0.05) is 6.42 Å². The molecule has 0 aromatic carbocycles. The molecule has 1 N–H and O–H groups in total. The highest BCUT2D eigenvalue weighted by atomic mass is 16.2. The van der Waals surface area contributed by atoms with Gasteiger partial charge in [0.25, 0.3) is 0 Å². The van der Waals surface area contributed by atoms with Crippen LogP contribution in [-0.4, -0.2) is 11.4 Å². The van der Waals surface area contributed by atoms with Crippen molar-refractivity contribution >= 4 is 5.91 Å². The third-order valence-electron chi connectivity index (χ3n) is 3.74. The van der Waals surface area contributed by atoms with Crippen LogP contribution in [0.1, 0.15) is 38.5 Å². The minimum absolute atomic E-state index is 0.263. The Kier molecular flexibility index (Phi) is 0.809. The number of hydrogen-bond acceptors (Lipinski definition) is 1. The van der Waals surface area contributed by atoms with E-state index in [0.717, 1.165) is 6.42 Å². The van der Waals surface area contributed by atoms with E-state index < -0.39 is 0 Å². The van der Waals surface area contributed by atoms with Gasteiger partial charge in [-0.05, 0) is 31.1 Å². The number of amides is 1. The number of nitrogens with one attached hydrogen (secondary N) is 1. The molecule has 2 nitrogen and oxygen atoms in total. The summed E-state index contributed by atoms with van der Waals surface area (Å²) in [4.78, 5) is 10.7. The van der Waals surface area contributed by atoms with Crippen LogP contribution in [0, 0.1) is 5.41 Å². The van der Waals surface area contributed by atoms with Gasteiger partial charge in [0, 0.05) is 12.0 Å². The zero-order valence-corrected chi connectivity index (χ0v) is 6.65. The fraction of sp³-hybridized carbons (Fsp3) is 0.889. The zero-order valence-electron chi connectivity index (χ0n) is 6.65. The molecule has 1 saturated heterocycles. The van der Waals surface area contributed by atoms with Gasteiger partial charge >= 0.3 is 0 Å². The Morgan fingerprint density at radius 3 is 2.27 bits per heavy atom. The lowest BCUT2D eigenvalue weighted by atomic mass is 9.46. The second kappa shape index (κ2) is 1.47. The van der Waals surface area contributed by atoms with E-state index in [9.17, 15) is 4.79 Å². The third kappa shape index (κ3) is 0.608. The molecule has 3 rings (SSSR count). The van der Waals surface area contributed by atoms with Crippen molar-refractivity contribution < 1.29 is 4.79 Å². The molecule has 0 bridgehead atoms. The van der Waals surface area contributed by atoms with Crippen LogP contribution in [-0.2, 0) is 4.79 Å². The monoisotopic (exact) mass is 151 g/mol. The molecule has 11 heavy (non-hydrogen) atoms. The van der Waals surface area contributed by atoms with Crippen LogP contribution in [0.3, 0.4) is 0 Å². The summed E-state index contributed by atoms with van der Waals surface area (Å²) in [5.74, 6) is 0.263. The predicted molar refractivity (Wildman–Crippen MR) is 41.0 cm³/mol. The molecule has 2 spiro atoms. The van der Waals surface area contributed by atoms with Crippen molar-refractivity contribution in [1.29, 1.82) is 0 Å². The van der Waals surface area contributed by atoms with Gasteiger partial charge in [0.15, 0.2) is 0 Å². The predicted octanol–water partition coefficient (Wildman–Crippen LogP) is 1.21. The van der Waals surface area contributed by atoms with Crippen molar-refractivity contribution in [3.63, 3.8) is 0 Å². The molecule has 0 aromatic heterocycles. The molecule has 1 heterocycles. The molecule has 1 amide bonds. The van der Waals surface area contributed by atoms with Crippen LogP contribution < -0.4 is 5.32 Å². The number of hydrogen-bond donors (Lipinski definition) is 1. The molecule has 0 aromatic rings. The fourth-order valence-electron chi connectivity index (χ4n) is 3.21. The van der Waals surface area contributed by atoms with E-state index >= 15 is 0 Å². The summed E-state index contributed by atoms with van der Waals surface area (Å²) in [5, 5.41) is 3.04. The molecular formula is C9H13NO. The summed E-state index contributed by atoms with van der Waals surface area (Å²) in [6, 6.07) is 0. The first kappa shape index (κ1) is 6.04. The number of rotatable bonds is 0. The fourth-order valence-corrected chi connectivity index (χ4v) is 3.21. The van der Waals surface area contributed by atoms with Gasteiger partial charge < -0.3 is 5.32 Å². The summed E-state index contributed by atoms with van der Waals surface area (Å²) in [6.07, 6.45) is 7.64. The van der Waals surface area contributed by atoms with Crippen molar-refractivity contribution in [3.8, 4) is 0 Å². The second-order valence-electron chi connectivity index (χ2n) is 4.71. The van der Waals surface area contributed by atoms with Gasteiger partial charge in [-0.3, -0.25) is 4.79 Å². The first-order valence-electron chi connectivity index (χ1n) is 4.53. The van der Waals surface area contributed by atoms with Crippen LogP contribution >= 0.6 is 0 Å². The number of β-lactam (4-membered cyclic amide) rings is 1. The quantitative estimate of drug-likeness (QED) is 0.518. The van der Waals surface area contributed by atoms with Crippen LogP contribution in [0.4, 0.5) is 0 Å². The average molecular weight is 151 g/mol. The van der Waals surface area contributed by atoms with Gasteiger partial charge in [-0.2, -0.15) is 0 Å². The molecule has 2 saturated carbocycles. The lowest BCUT2D eigenvalue weighted by Crippen LogP contribution is -2.71. The lowest BCUT2D eigenvalue weighted by Gasteiger charge is -2.64. The zero-order chi connectivity index (χ0) is 7.53. The normalized spacial score (nSPS) is 35.5. The Balaban J connectivity index is 1.67. The Labute approximate surface area is 66.4 Å².